The maximum absolute atomic E-state index is 0. The first-order valence-electron chi connectivity index (χ1n) is 0. The number of rotatable bonds is 0. The standard InChI is InChI=1S/Mo.2N.W/q;2*-3;+6. The fourth-order valence-electron chi connectivity index (χ4n) is 0. The predicted molar refractivity (Wildman–Crippen MR) is 6.72 cm³/mol. The summed E-state index contributed by atoms with van der Waals surface area (Å²) in [6.45, 7) is 0. The van der Waals surface area contributed by atoms with Crippen LogP contribution >= 0.6 is 0 Å². The van der Waals surface area contributed by atoms with Crippen LogP contribution in [0.4, 0.5) is 0 Å². The van der Waals surface area contributed by atoms with E-state index >= 15 is 0 Å². The Morgan fingerprint density at radius 2 is 0.750 bits per heavy atom. The summed E-state index contributed by atoms with van der Waals surface area (Å²) in [6.07, 6.45) is 0. The van der Waals surface area contributed by atoms with Crippen molar-refractivity contribution in [2.75, 3.05) is 0 Å². The first-order valence-corrected chi connectivity index (χ1v) is 0. The molecular weight excluding hydrogens is 308 g/mol. The SMILES string of the molecule is [Mo].[N-3].[N-3].[W+6]. The Morgan fingerprint density at radius 3 is 0.750 bits per heavy atom. The molecule has 2 nitrogen and oxygen atoms in total. The molecule has 0 aliphatic heterocycles. The Morgan fingerprint density at radius 1 is 0.750 bits per heavy atom. The second-order valence-electron chi connectivity index (χ2n) is 0. The van der Waals surface area contributed by atoms with E-state index in [1.807, 2.05) is 0 Å². The maximum atomic E-state index is 0. The van der Waals surface area contributed by atoms with Crippen LogP contribution in [-0.4, -0.2) is 0 Å². The molecule has 0 radical (unpaired) electrons. The van der Waals surface area contributed by atoms with Gasteiger partial charge in [-0.2, -0.15) is 0 Å². The van der Waals surface area contributed by atoms with Crippen molar-refractivity contribution < 1.29 is 42.1 Å². The van der Waals surface area contributed by atoms with Gasteiger partial charge in [-0.05, 0) is 0 Å². The average Bonchev–Trinajstić information content (AvgIpc) is 0. The molecule has 0 aliphatic carbocycles. The van der Waals surface area contributed by atoms with Crippen LogP contribution in [0.2, 0.25) is 0 Å². The van der Waals surface area contributed by atoms with Crippen LogP contribution in [0.3, 0.4) is 0 Å². The van der Waals surface area contributed by atoms with Crippen molar-refractivity contribution in [2.24, 2.45) is 0 Å². The summed E-state index contributed by atoms with van der Waals surface area (Å²) in [5, 5.41) is 0. The zero-order valence-corrected chi connectivity index (χ0v) is 6.65. The molecule has 0 heterocycles. The van der Waals surface area contributed by atoms with Gasteiger partial charge in [0.05, 0.1) is 0 Å². The number of hydrogen-bond acceptors (Lipinski definition) is 0. The van der Waals surface area contributed by atoms with Crippen molar-refractivity contribution >= 4 is 0 Å². The van der Waals surface area contributed by atoms with Crippen molar-refractivity contribution in [1.29, 1.82) is 0 Å². The van der Waals surface area contributed by atoms with Crippen molar-refractivity contribution in [1.82, 2.24) is 0 Å². The molecule has 0 atom stereocenters. The molecule has 0 saturated heterocycles. The molecule has 0 aromatic rings. The van der Waals surface area contributed by atoms with Crippen LogP contribution in [0.5, 0.6) is 0 Å². The van der Waals surface area contributed by atoms with E-state index in [-0.39, 0.29) is 54.4 Å². The molecule has 0 saturated carbocycles. The van der Waals surface area contributed by atoms with Gasteiger partial charge in [-0.15, -0.1) is 0 Å². The van der Waals surface area contributed by atoms with Gasteiger partial charge in [0.2, 0.25) is 0 Å². The molecule has 4 heavy (non-hydrogen) atoms. The Balaban J connectivity index is 0. The quantitative estimate of drug-likeness (QED) is 0.588. The fraction of sp³-hybridized carbons (Fsp3) is 0. The van der Waals surface area contributed by atoms with Gasteiger partial charge >= 0.3 is 21.1 Å². The zero-order valence-electron chi connectivity index (χ0n) is 1.71. The first kappa shape index (κ1) is 58.2. The van der Waals surface area contributed by atoms with Gasteiger partial charge in [0.25, 0.3) is 0 Å². The minimum Gasteiger partial charge on any atom is -3.00 e. The van der Waals surface area contributed by atoms with Crippen LogP contribution in [0.25, 0.3) is 12.3 Å². The molecule has 0 aliphatic rings. The minimum absolute atomic E-state index is 0. The number of nitrogens with zero attached hydrogens (tertiary/aromatic N) is 2. The van der Waals surface area contributed by atoms with E-state index < -0.39 is 0 Å². The molecule has 4 heteroatoms. The normalized spacial score (nSPS) is 0. The van der Waals surface area contributed by atoms with E-state index in [0.717, 1.165) is 0 Å². The largest absolute Gasteiger partial charge is 6.00 e. The van der Waals surface area contributed by atoms with Gasteiger partial charge in [-0.25, -0.2) is 0 Å². The predicted octanol–water partition coefficient (Wildman–Crippen LogP) is 0.572. The van der Waals surface area contributed by atoms with E-state index in [0.29, 0.717) is 0 Å². The second kappa shape index (κ2) is 27.8. The van der Waals surface area contributed by atoms with E-state index in [4.69, 9.17) is 0 Å². The first-order chi connectivity index (χ1) is 0. The number of hydrogen-bond donors (Lipinski definition) is 0. The Kier molecular flexibility index (Phi) is 404. The Bertz CT molecular complexity index is 6.00. The van der Waals surface area contributed by atoms with Crippen molar-refractivity contribution in [3.05, 3.63) is 12.3 Å². The minimum atomic E-state index is 0. The van der Waals surface area contributed by atoms with Gasteiger partial charge in [0, 0.05) is 21.1 Å². The van der Waals surface area contributed by atoms with Crippen molar-refractivity contribution in [3.8, 4) is 0 Å². The van der Waals surface area contributed by atoms with Crippen LogP contribution < -0.4 is 0 Å². The molecule has 0 fully saturated rings. The van der Waals surface area contributed by atoms with Gasteiger partial charge in [-0.3, -0.25) is 0 Å². The smallest absolute Gasteiger partial charge is 3.00 e. The van der Waals surface area contributed by atoms with Gasteiger partial charge in [0.15, 0.2) is 0 Å². The van der Waals surface area contributed by atoms with E-state index in [9.17, 15) is 0 Å². The van der Waals surface area contributed by atoms with Crippen molar-refractivity contribution in [2.45, 2.75) is 0 Å². The average molecular weight is 308 g/mol. The summed E-state index contributed by atoms with van der Waals surface area (Å²) in [5.74, 6) is 0. The van der Waals surface area contributed by atoms with Crippen LogP contribution in [0.1, 0.15) is 0 Å². The van der Waals surface area contributed by atoms with E-state index in [1.165, 1.54) is 0 Å². The molecule has 22 valence electrons. The van der Waals surface area contributed by atoms with Crippen LogP contribution in [0.15, 0.2) is 0 Å². The summed E-state index contributed by atoms with van der Waals surface area (Å²) in [5.41, 5.74) is 0. The van der Waals surface area contributed by atoms with E-state index in [1.54, 1.807) is 0 Å². The summed E-state index contributed by atoms with van der Waals surface area (Å²) >= 11 is 0. The molecular formula is MoN2W. The molecule has 0 unspecified atom stereocenters. The molecule has 0 amide bonds. The van der Waals surface area contributed by atoms with E-state index in [2.05, 4.69) is 0 Å². The topological polar surface area (TPSA) is 61.0 Å². The summed E-state index contributed by atoms with van der Waals surface area (Å²) in [7, 11) is 0. The third-order valence-electron chi connectivity index (χ3n) is 0. The Hall–Kier alpha value is 1.30. The third-order valence-corrected chi connectivity index (χ3v) is 0. The zero-order chi connectivity index (χ0) is 0. The fourth-order valence-corrected chi connectivity index (χ4v) is 0. The molecule has 0 rings (SSSR count). The monoisotopic (exact) mass is 310 g/mol. The van der Waals surface area contributed by atoms with Crippen molar-refractivity contribution in [3.63, 3.8) is 0 Å². The van der Waals surface area contributed by atoms with Gasteiger partial charge in [0.1, 0.15) is 0 Å². The van der Waals surface area contributed by atoms with Gasteiger partial charge in [-0.1, -0.05) is 0 Å². The summed E-state index contributed by atoms with van der Waals surface area (Å²) in [4.78, 5) is 0. The molecule has 0 bridgehead atoms. The van der Waals surface area contributed by atoms with Crippen LogP contribution in [-0.2, 0) is 42.1 Å². The molecule has 0 aromatic heterocycles. The summed E-state index contributed by atoms with van der Waals surface area (Å²) < 4.78 is 0. The third kappa shape index (κ3) is 10.3. The van der Waals surface area contributed by atoms with Gasteiger partial charge < -0.3 is 12.3 Å². The molecule has 0 N–H and O–H groups in total. The summed E-state index contributed by atoms with van der Waals surface area (Å²) in [6, 6.07) is 0. The maximum Gasteiger partial charge on any atom is 6.00 e. The Labute approximate surface area is 54.4 Å². The molecule has 0 aromatic carbocycles. The van der Waals surface area contributed by atoms with Crippen LogP contribution in [0, 0.1) is 0 Å². The molecule has 0 spiro atoms. The second-order valence-corrected chi connectivity index (χ2v) is 0.